The molecule has 0 amide bonds. The maximum atomic E-state index is 11.8. The highest BCUT2D eigenvalue weighted by atomic mass is 16.5. The van der Waals surface area contributed by atoms with Crippen LogP contribution in [-0.2, 0) is 11.3 Å². The van der Waals surface area contributed by atoms with Crippen LogP contribution in [0.5, 0.6) is 0 Å². The standard InChI is InChI=1S/C15H25N3O2/c1-4-20-15(19)13-14(16)18(11(3)17-13)9-12-7-5-6-10(2)8-12/h10,12H,4-9,16H2,1-3H3. The van der Waals surface area contributed by atoms with Gasteiger partial charge in [-0.25, -0.2) is 9.78 Å². The highest BCUT2D eigenvalue weighted by molar-refractivity contribution is 5.92. The van der Waals surface area contributed by atoms with Gasteiger partial charge in [-0.1, -0.05) is 19.8 Å². The molecule has 1 aromatic heterocycles. The molecule has 1 aromatic rings. The van der Waals surface area contributed by atoms with Crippen molar-refractivity contribution >= 4 is 11.8 Å². The van der Waals surface area contributed by atoms with Gasteiger partial charge < -0.3 is 15.0 Å². The number of nitrogens with two attached hydrogens (primary N) is 1. The maximum absolute atomic E-state index is 11.8. The number of rotatable bonds is 4. The number of carbonyl (C=O) groups excluding carboxylic acids is 1. The van der Waals surface area contributed by atoms with Gasteiger partial charge in [0, 0.05) is 6.54 Å². The van der Waals surface area contributed by atoms with Crippen LogP contribution in [0.15, 0.2) is 0 Å². The molecule has 0 aliphatic heterocycles. The molecule has 0 radical (unpaired) electrons. The van der Waals surface area contributed by atoms with Crippen molar-refractivity contribution in [3.63, 3.8) is 0 Å². The van der Waals surface area contributed by atoms with Gasteiger partial charge in [-0.15, -0.1) is 0 Å². The zero-order valence-corrected chi connectivity index (χ0v) is 12.7. The summed E-state index contributed by atoms with van der Waals surface area (Å²) in [5.74, 6) is 2.22. The number of anilines is 1. The fourth-order valence-corrected chi connectivity index (χ4v) is 3.15. The molecular weight excluding hydrogens is 254 g/mol. The lowest BCUT2D eigenvalue weighted by molar-refractivity contribution is 0.0521. The molecular formula is C15H25N3O2. The summed E-state index contributed by atoms with van der Waals surface area (Å²) in [4.78, 5) is 16.1. The van der Waals surface area contributed by atoms with Crippen LogP contribution < -0.4 is 5.73 Å². The third-order valence-corrected chi connectivity index (χ3v) is 4.15. The molecule has 1 aliphatic carbocycles. The quantitative estimate of drug-likeness (QED) is 0.860. The van der Waals surface area contributed by atoms with Gasteiger partial charge in [0.25, 0.3) is 0 Å². The van der Waals surface area contributed by atoms with Crippen LogP contribution >= 0.6 is 0 Å². The monoisotopic (exact) mass is 279 g/mol. The van der Waals surface area contributed by atoms with Crippen molar-refractivity contribution in [2.75, 3.05) is 12.3 Å². The van der Waals surface area contributed by atoms with Crippen molar-refractivity contribution < 1.29 is 9.53 Å². The molecule has 2 N–H and O–H groups in total. The number of ether oxygens (including phenoxy) is 1. The Morgan fingerprint density at radius 3 is 2.90 bits per heavy atom. The van der Waals surface area contributed by atoms with E-state index in [4.69, 9.17) is 10.5 Å². The highest BCUT2D eigenvalue weighted by Crippen LogP contribution is 2.31. The average molecular weight is 279 g/mol. The molecule has 112 valence electrons. The fourth-order valence-electron chi connectivity index (χ4n) is 3.15. The van der Waals surface area contributed by atoms with Gasteiger partial charge in [0.15, 0.2) is 5.69 Å². The molecule has 1 aliphatic rings. The van der Waals surface area contributed by atoms with Gasteiger partial charge in [0.2, 0.25) is 0 Å². The summed E-state index contributed by atoms with van der Waals surface area (Å²) in [5.41, 5.74) is 6.34. The number of hydrogen-bond donors (Lipinski definition) is 1. The first-order chi connectivity index (χ1) is 9.52. The Morgan fingerprint density at radius 1 is 1.50 bits per heavy atom. The van der Waals surface area contributed by atoms with Crippen molar-refractivity contribution in [1.82, 2.24) is 9.55 Å². The van der Waals surface area contributed by atoms with E-state index >= 15 is 0 Å². The zero-order valence-electron chi connectivity index (χ0n) is 12.7. The minimum absolute atomic E-state index is 0.258. The van der Waals surface area contributed by atoms with Gasteiger partial charge >= 0.3 is 5.97 Å². The minimum Gasteiger partial charge on any atom is -0.461 e. The predicted molar refractivity (Wildman–Crippen MR) is 78.5 cm³/mol. The second-order valence-electron chi connectivity index (χ2n) is 5.86. The first-order valence-corrected chi connectivity index (χ1v) is 7.52. The molecule has 2 atom stereocenters. The van der Waals surface area contributed by atoms with Crippen LogP contribution in [0.25, 0.3) is 0 Å². The van der Waals surface area contributed by atoms with Gasteiger partial charge in [-0.3, -0.25) is 0 Å². The first kappa shape index (κ1) is 14.9. The number of aryl methyl sites for hydroxylation is 1. The van der Waals surface area contributed by atoms with Crippen LogP contribution in [0.1, 0.15) is 55.8 Å². The number of imidazole rings is 1. The Morgan fingerprint density at radius 2 is 2.25 bits per heavy atom. The van der Waals surface area contributed by atoms with E-state index in [1.54, 1.807) is 6.92 Å². The Bertz CT molecular complexity index is 482. The summed E-state index contributed by atoms with van der Waals surface area (Å²) >= 11 is 0. The second kappa shape index (κ2) is 6.29. The Hall–Kier alpha value is -1.52. The van der Waals surface area contributed by atoms with E-state index < -0.39 is 5.97 Å². The molecule has 0 aromatic carbocycles. The van der Waals surface area contributed by atoms with E-state index in [9.17, 15) is 4.79 Å². The molecule has 1 saturated carbocycles. The minimum atomic E-state index is -0.427. The van der Waals surface area contributed by atoms with E-state index in [1.807, 2.05) is 11.5 Å². The zero-order chi connectivity index (χ0) is 14.7. The van der Waals surface area contributed by atoms with Gasteiger partial charge in [-0.2, -0.15) is 0 Å². The highest BCUT2D eigenvalue weighted by Gasteiger charge is 2.24. The summed E-state index contributed by atoms with van der Waals surface area (Å²) in [7, 11) is 0. The average Bonchev–Trinajstić information content (AvgIpc) is 2.67. The molecule has 20 heavy (non-hydrogen) atoms. The Kier molecular flexibility index (Phi) is 4.68. The van der Waals surface area contributed by atoms with Crippen LogP contribution in [0, 0.1) is 18.8 Å². The lowest BCUT2D eigenvalue weighted by Crippen LogP contribution is -2.20. The first-order valence-electron chi connectivity index (χ1n) is 7.52. The van der Waals surface area contributed by atoms with E-state index in [2.05, 4.69) is 11.9 Å². The van der Waals surface area contributed by atoms with Crippen LogP contribution in [-0.4, -0.2) is 22.1 Å². The largest absolute Gasteiger partial charge is 0.461 e. The summed E-state index contributed by atoms with van der Waals surface area (Å²) < 4.78 is 6.96. The maximum Gasteiger partial charge on any atom is 0.360 e. The molecule has 1 heterocycles. The van der Waals surface area contributed by atoms with E-state index in [1.165, 1.54) is 25.7 Å². The summed E-state index contributed by atoms with van der Waals surface area (Å²) in [6.45, 7) is 7.17. The third kappa shape index (κ3) is 3.14. The van der Waals surface area contributed by atoms with Crippen molar-refractivity contribution in [2.24, 2.45) is 11.8 Å². The molecule has 2 rings (SSSR count). The number of esters is 1. The fraction of sp³-hybridized carbons (Fsp3) is 0.733. The number of aromatic nitrogens is 2. The number of nitrogen functional groups attached to an aromatic ring is 1. The SMILES string of the molecule is CCOC(=O)c1nc(C)n(CC2CCCC(C)C2)c1N. The normalized spacial score (nSPS) is 22.8. The van der Waals surface area contributed by atoms with Crippen molar-refractivity contribution in [3.8, 4) is 0 Å². The lowest BCUT2D eigenvalue weighted by atomic mass is 9.82. The molecule has 5 heteroatoms. The Labute approximate surface area is 120 Å². The van der Waals surface area contributed by atoms with E-state index in [0.717, 1.165) is 18.3 Å². The lowest BCUT2D eigenvalue weighted by Gasteiger charge is -2.27. The van der Waals surface area contributed by atoms with Gasteiger partial charge in [0.05, 0.1) is 6.61 Å². The number of nitrogens with zero attached hydrogens (tertiary/aromatic N) is 2. The summed E-state index contributed by atoms with van der Waals surface area (Å²) in [5, 5.41) is 0. The van der Waals surface area contributed by atoms with Crippen molar-refractivity contribution in [3.05, 3.63) is 11.5 Å². The molecule has 2 unspecified atom stereocenters. The third-order valence-electron chi connectivity index (χ3n) is 4.15. The van der Waals surface area contributed by atoms with Gasteiger partial charge in [-0.05, 0) is 38.5 Å². The van der Waals surface area contributed by atoms with Gasteiger partial charge in [0.1, 0.15) is 11.6 Å². The number of hydrogen-bond acceptors (Lipinski definition) is 4. The van der Waals surface area contributed by atoms with Crippen LogP contribution in [0.4, 0.5) is 5.82 Å². The van der Waals surface area contributed by atoms with Crippen molar-refractivity contribution in [1.29, 1.82) is 0 Å². The smallest absolute Gasteiger partial charge is 0.360 e. The topological polar surface area (TPSA) is 70.1 Å². The predicted octanol–water partition coefficient (Wildman–Crippen LogP) is 2.78. The van der Waals surface area contributed by atoms with Crippen LogP contribution in [0.2, 0.25) is 0 Å². The van der Waals surface area contributed by atoms with E-state index in [0.29, 0.717) is 18.3 Å². The number of carbonyl (C=O) groups is 1. The molecule has 0 spiro atoms. The Balaban J connectivity index is 2.13. The van der Waals surface area contributed by atoms with Crippen LogP contribution in [0.3, 0.4) is 0 Å². The molecule has 1 fully saturated rings. The van der Waals surface area contributed by atoms with Crippen molar-refractivity contribution in [2.45, 2.75) is 53.0 Å². The molecule has 0 saturated heterocycles. The second-order valence-corrected chi connectivity index (χ2v) is 5.86. The summed E-state index contributed by atoms with van der Waals surface area (Å²) in [6, 6.07) is 0. The molecule has 0 bridgehead atoms. The molecule has 5 nitrogen and oxygen atoms in total. The van der Waals surface area contributed by atoms with E-state index in [-0.39, 0.29) is 5.69 Å². The summed E-state index contributed by atoms with van der Waals surface area (Å²) in [6.07, 6.45) is 5.06.